The molecule has 1 aliphatic heterocycles. The fraction of sp³-hybridized carbons (Fsp3) is 0.647. The molecule has 1 N–H and O–H groups in total. The lowest BCUT2D eigenvalue weighted by Gasteiger charge is -2.31. The van der Waals surface area contributed by atoms with Crippen molar-refractivity contribution in [2.75, 3.05) is 44.8 Å². The summed E-state index contributed by atoms with van der Waals surface area (Å²) in [6, 6.07) is 6.39. The van der Waals surface area contributed by atoms with E-state index in [1.165, 1.54) is 11.3 Å². The minimum Gasteiger partial charge on any atom is -0.493 e. The molecule has 118 valence electrons. The van der Waals surface area contributed by atoms with Crippen LogP contribution in [0, 0.1) is 6.92 Å². The molecule has 0 radical (unpaired) electrons. The minimum absolute atomic E-state index is 0.129. The van der Waals surface area contributed by atoms with Crippen LogP contribution in [0.4, 0.5) is 5.69 Å². The summed E-state index contributed by atoms with van der Waals surface area (Å²) < 4.78 is 11.3. The van der Waals surface area contributed by atoms with Crippen LogP contribution < -0.4 is 15.0 Å². The molecule has 1 saturated heterocycles. The summed E-state index contributed by atoms with van der Waals surface area (Å²) in [4.78, 5) is 2.43. The van der Waals surface area contributed by atoms with Gasteiger partial charge in [0, 0.05) is 45.4 Å². The normalized spacial score (nSPS) is 16.1. The van der Waals surface area contributed by atoms with Crippen LogP contribution in [0.3, 0.4) is 0 Å². The average Bonchev–Trinajstić information content (AvgIpc) is 2.48. The van der Waals surface area contributed by atoms with Crippen molar-refractivity contribution in [2.45, 2.75) is 32.8 Å². The summed E-state index contributed by atoms with van der Waals surface area (Å²) in [5.41, 5.74) is 2.47. The van der Waals surface area contributed by atoms with E-state index in [2.05, 4.69) is 49.2 Å². The molecule has 0 aliphatic carbocycles. The first-order valence-electron chi connectivity index (χ1n) is 7.76. The first-order valence-corrected chi connectivity index (χ1v) is 7.76. The van der Waals surface area contributed by atoms with Crippen molar-refractivity contribution >= 4 is 5.69 Å². The lowest BCUT2D eigenvalue weighted by Crippen LogP contribution is -2.43. The number of anilines is 1. The Kier molecular flexibility index (Phi) is 5.48. The van der Waals surface area contributed by atoms with Crippen LogP contribution in [0.25, 0.3) is 0 Å². The molecule has 0 aromatic heterocycles. The van der Waals surface area contributed by atoms with E-state index in [4.69, 9.17) is 9.47 Å². The standard InChI is InChI=1S/C17H28N2O2/c1-14-13-15(21-12-7-17(2,3)20-4)5-6-16(14)19-10-8-18-9-11-19/h5-6,13,18H,7-12H2,1-4H3. The molecule has 21 heavy (non-hydrogen) atoms. The third-order valence-corrected chi connectivity index (χ3v) is 4.15. The highest BCUT2D eigenvalue weighted by Crippen LogP contribution is 2.25. The number of rotatable bonds is 6. The number of aryl methyl sites for hydroxylation is 1. The van der Waals surface area contributed by atoms with Crippen molar-refractivity contribution in [3.05, 3.63) is 23.8 Å². The van der Waals surface area contributed by atoms with Crippen molar-refractivity contribution in [1.29, 1.82) is 0 Å². The largest absolute Gasteiger partial charge is 0.493 e. The number of ether oxygens (including phenoxy) is 2. The maximum Gasteiger partial charge on any atom is 0.119 e. The van der Waals surface area contributed by atoms with Gasteiger partial charge in [-0.15, -0.1) is 0 Å². The molecule has 0 bridgehead atoms. The molecule has 1 heterocycles. The molecule has 0 unspecified atom stereocenters. The maximum atomic E-state index is 5.86. The summed E-state index contributed by atoms with van der Waals surface area (Å²) >= 11 is 0. The highest BCUT2D eigenvalue weighted by atomic mass is 16.5. The molecule has 1 fully saturated rings. The van der Waals surface area contributed by atoms with E-state index in [-0.39, 0.29) is 5.60 Å². The van der Waals surface area contributed by atoms with Crippen molar-refractivity contribution in [1.82, 2.24) is 5.32 Å². The number of nitrogens with zero attached hydrogens (tertiary/aromatic N) is 1. The van der Waals surface area contributed by atoms with E-state index in [1.807, 2.05) is 0 Å². The monoisotopic (exact) mass is 292 g/mol. The second kappa shape index (κ2) is 7.14. The maximum absolute atomic E-state index is 5.86. The predicted molar refractivity (Wildman–Crippen MR) is 87.5 cm³/mol. The van der Waals surface area contributed by atoms with E-state index in [1.54, 1.807) is 7.11 Å². The molecule has 1 aliphatic rings. The van der Waals surface area contributed by atoms with Gasteiger partial charge in [0.2, 0.25) is 0 Å². The van der Waals surface area contributed by atoms with Crippen LogP contribution >= 0.6 is 0 Å². The zero-order chi connectivity index (χ0) is 15.3. The number of hydrogen-bond donors (Lipinski definition) is 1. The van der Waals surface area contributed by atoms with Gasteiger partial charge in [-0.1, -0.05) is 0 Å². The van der Waals surface area contributed by atoms with E-state index in [0.29, 0.717) is 6.61 Å². The summed E-state index contributed by atoms with van der Waals surface area (Å²) in [7, 11) is 1.74. The van der Waals surface area contributed by atoms with Crippen LogP contribution in [0.1, 0.15) is 25.8 Å². The summed E-state index contributed by atoms with van der Waals surface area (Å²) in [6.45, 7) is 11.3. The Morgan fingerprint density at radius 1 is 1.24 bits per heavy atom. The number of hydrogen-bond acceptors (Lipinski definition) is 4. The Labute approximate surface area is 128 Å². The molecule has 0 saturated carbocycles. The van der Waals surface area contributed by atoms with Gasteiger partial charge in [-0.25, -0.2) is 0 Å². The molecule has 1 aromatic carbocycles. The summed E-state index contributed by atoms with van der Waals surface area (Å²) in [5, 5.41) is 3.38. The van der Waals surface area contributed by atoms with E-state index >= 15 is 0 Å². The van der Waals surface area contributed by atoms with E-state index in [0.717, 1.165) is 38.3 Å². The van der Waals surface area contributed by atoms with Crippen LogP contribution in [-0.4, -0.2) is 45.5 Å². The van der Waals surface area contributed by atoms with E-state index < -0.39 is 0 Å². The van der Waals surface area contributed by atoms with Gasteiger partial charge in [0.25, 0.3) is 0 Å². The lowest BCUT2D eigenvalue weighted by molar-refractivity contribution is 0.00545. The molecule has 4 heteroatoms. The van der Waals surface area contributed by atoms with Gasteiger partial charge in [-0.2, -0.15) is 0 Å². The van der Waals surface area contributed by atoms with Gasteiger partial charge in [0.15, 0.2) is 0 Å². The molecule has 0 amide bonds. The number of methoxy groups -OCH3 is 1. The van der Waals surface area contributed by atoms with Crippen LogP contribution in [0.15, 0.2) is 18.2 Å². The zero-order valence-electron chi connectivity index (χ0n) is 13.7. The van der Waals surface area contributed by atoms with Crippen molar-refractivity contribution in [2.24, 2.45) is 0 Å². The SMILES string of the molecule is COC(C)(C)CCOc1ccc(N2CCNCC2)c(C)c1. The summed E-state index contributed by atoms with van der Waals surface area (Å²) in [5.74, 6) is 0.943. The van der Waals surface area contributed by atoms with Gasteiger partial charge < -0.3 is 19.7 Å². The highest BCUT2D eigenvalue weighted by molar-refractivity contribution is 5.56. The molecule has 4 nitrogen and oxygen atoms in total. The van der Waals surface area contributed by atoms with Crippen LogP contribution in [-0.2, 0) is 4.74 Å². The molecule has 2 rings (SSSR count). The van der Waals surface area contributed by atoms with Crippen molar-refractivity contribution in [3.63, 3.8) is 0 Å². The predicted octanol–water partition coefficient (Wildman–Crippen LogP) is 2.60. The van der Waals surface area contributed by atoms with Crippen LogP contribution in [0.2, 0.25) is 0 Å². The first kappa shape index (κ1) is 16.1. The second-order valence-electron chi connectivity index (χ2n) is 6.25. The summed E-state index contributed by atoms with van der Waals surface area (Å²) in [6.07, 6.45) is 0.877. The van der Waals surface area contributed by atoms with Crippen molar-refractivity contribution < 1.29 is 9.47 Å². The van der Waals surface area contributed by atoms with Gasteiger partial charge >= 0.3 is 0 Å². The molecule has 0 atom stereocenters. The Hall–Kier alpha value is -1.26. The minimum atomic E-state index is -0.129. The Balaban J connectivity index is 1.92. The number of piperazine rings is 1. The molecular formula is C17H28N2O2. The number of nitrogens with one attached hydrogen (secondary N) is 1. The second-order valence-corrected chi connectivity index (χ2v) is 6.25. The van der Waals surface area contributed by atoms with Gasteiger partial charge in [0.05, 0.1) is 12.2 Å². The third-order valence-electron chi connectivity index (χ3n) is 4.15. The quantitative estimate of drug-likeness (QED) is 0.874. The fourth-order valence-electron chi connectivity index (χ4n) is 2.50. The third kappa shape index (κ3) is 4.61. The Morgan fingerprint density at radius 2 is 1.95 bits per heavy atom. The molecular weight excluding hydrogens is 264 g/mol. The van der Waals surface area contributed by atoms with E-state index in [9.17, 15) is 0 Å². The Morgan fingerprint density at radius 3 is 2.57 bits per heavy atom. The molecule has 1 aromatic rings. The fourth-order valence-corrected chi connectivity index (χ4v) is 2.50. The zero-order valence-corrected chi connectivity index (χ0v) is 13.7. The Bertz CT molecular complexity index is 454. The lowest BCUT2D eigenvalue weighted by atomic mass is 10.1. The first-order chi connectivity index (χ1) is 10.0. The van der Waals surface area contributed by atoms with Gasteiger partial charge in [-0.3, -0.25) is 0 Å². The highest BCUT2D eigenvalue weighted by Gasteiger charge is 2.16. The topological polar surface area (TPSA) is 33.7 Å². The van der Waals surface area contributed by atoms with Gasteiger partial charge in [-0.05, 0) is 44.5 Å². The smallest absolute Gasteiger partial charge is 0.119 e. The van der Waals surface area contributed by atoms with Crippen LogP contribution in [0.5, 0.6) is 5.75 Å². The van der Waals surface area contributed by atoms with Gasteiger partial charge in [0.1, 0.15) is 5.75 Å². The number of benzene rings is 1. The molecule has 0 spiro atoms. The van der Waals surface area contributed by atoms with Crippen molar-refractivity contribution in [3.8, 4) is 5.75 Å². The average molecular weight is 292 g/mol.